The number of ether oxygens (including phenoxy) is 3. The van der Waals surface area contributed by atoms with Crippen LogP contribution in [0.15, 0.2) is 36.7 Å². The van der Waals surface area contributed by atoms with Gasteiger partial charge in [-0.15, -0.1) is 0 Å². The van der Waals surface area contributed by atoms with Crippen molar-refractivity contribution in [1.29, 1.82) is 0 Å². The minimum absolute atomic E-state index is 0.0435. The summed E-state index contributed by atoms with van der Waals surface area (Å²) in [6.07, 6.45) is 3.41. The quantitative estimate of drug-likeness (QED) is 0.872. The van der Waals surface area contributed by atoms with Gasteiger partial charge in [-0.2, -0.15) is 0 Å². The lowest BCUT2D eigenvalue weighted by molar-refractivity contribution is -0.140. The second-order valence-electron chi connectivity index (χ2n) is 4.88. The maximum atomic E-state index is 11.7. The van der Waals surface area contributed by atoms with Crippen molar-refractivity contribution in [2.45, 2.75) is 12.3 Å². The Labute approximate surface area is 127 Å². The predicted octanol–water partition coefficient (Wildman–Crippen LogP) is 2.21. The third-order valence-electron chi connectivity index (χ3n) is 3.58. The van der Waals surface area contributed by atoms with E-state index in [4.69, 9.17) is 14.2 Å². The smallest absolute Gasteiger partial charge is 0.306 e. The standard InChI is InChI=1S/C16H15NO5/c1-20-16(19)6-11(10-3-2-4-17-8-10)12-5-14-15(7-13(12)18)22-9-21-14/h2-5,7-8,11,18H,6,9H2,1H3/t11-/m0/s1. The highest BCUT2D eigenvalue weighted by atomic mass is 16.7. The minimum Gasteiger partial charge on any atom is -0.508 e. The third-order valence-corrected chi connectivity index (χ3v) is 3.58. The second kappa shape index (κ2) is 5.93. The van der Waals surface area contributed by atoms with Crippen molar-refractivity contribution < 1.29 is 24.1 Å². The molecular formula is C16H15NO5. The van der Waals surface area contributed by atoms with Gasteiger partial charge in [0.15, 0.2) is 11.5 Å². The van der Waals surface area contributed by atoms with E-state index >= 15 is 0 Å². The van der Waals surface area contributed by atoms with Crippen molar-refractivity contribution in [3.63, 3.8) is 0 Å². The molecule has 1 N–H and O–H groups in total. The van der Waals surface area contributed by atoms with Gasteiger partial charge in [0.25, 0.3) is 0 Å². The molecule has 0 aliphatic carbocycles. The molecule has 1 atom stereocenters. The molecule has 0 spiro atoms. The van der Waals surface area contributed by atoms with Gasteiger partial charge in [0, 0.05) is 29.9 Å². The van der Waals surface area contributed by atoms with Crippen molar-refractivity contribution in [3.05, 3.63) is 47.8 Å². The van der Waals surface area contributed by atoms with Crippen LogP contribution in [0.4, 0.5) is 0 Å². The first kappa shape index (κ1) is 14.2. The molecule has 3 rings (SSSR count). The van der Waals surface area contributed by atoms with Crippen LogP contribution < -0.4 is 9.47 Å². The van der Waals surface area contributed by atoms with Gasteiger partial charge in [-0.05, 0) is 17.7 Å². The highest BCUT2D eigenvalue weighted by Gasteiger charge is 2.25. The van der Waals surface area contributed by atoms with Gasteiger partial charge in [-0.1, -0.05) is 6.07 Å². The summed E-state index contributed by atoms with van der Waals surface area (Å²) in [4.78, 5) is 15.8. The molecule has 2 heterocycles. The molecule has 1 aliphatic rings. The Morgan fingerprint density at radius 1 is 1.41 bits per heavy atom. The molecule has 6 heteroatoms. The van der Waals surface area contributed by atoms with Crippen molar-refractivity contribution in [3.8, 4) is 17.2 Å². The number of methoxy groups -OCH3 is 1. The normalized spacial score (nSPS) is 13.7. The molecule has 0 saturated carbocycles. The highest BCUT2D eigenvalue weighted by molar-refractivity contribution is 5.72. The van der Waals surface area contributed by atoms with E-state index in [1.165, 1.54) is 13.2 Å². The molecule has 2 aromatic rings. The number of aromatic hydroxyl groups is 1. The van der Waals surface area contributed by atoms with E-state index in [-0.39, 0.29) is 30.9 Å². The predicted molar refractivity (Wildman–Crippen MR) is 76.9 cm³/mol. The number of carbonyl (C=O) groups excluding carboxylic acids is 1. The fourth-order valence-corrected chi connectivity index (χ4v) is 2.47. The van der Waals surface area contributed by atoms with Crippen LogP contribution in [-0.2, 0) is 9.53 Å². The summed E-state index contributed by atoms with van der Waals surface area (Å²) in [5.74, 6) is 0.333. The van der Waals surface area contributed by atoms with Gasteiger partial charge in [0.2, 0.25) is 6.79 Å². The lowest BCUT2D eigenvalue weighted by atomic mass is 9.88. The van der Waals surface area contributed by atoms with Crippen LogP contribution in [0.1, 0.15) is 23.5 Å². The number of carbonyl (C=O) groups is 1. The number of nitrogens with zero attached hydrogens (tertiary/aromatic N) is 1. The number of phenols is 1. The molecule has 6 nitrogen and oxygen atoms in total. The second-order valence-corrected chi connectivity index (χ2v) is 4.88. The molecule has 1 aromatic heterocycles. The third kappa shape index (κ3) is 2.67. The van der Waals surface area contributed by atoms with Crippen molar-refractivity contribution in [2.24, 2.45) is 0 Å². The van der Waals surface area contributed by atoms with E-state index in [0.29, 0.717) is 17.1 Å². The number of phenolic OH excluding ortho intramolecular Hbond substituents is 1. The summed E-state index contributed by atoms with van der Waals surface area (Å²) in [6, 6.07) is 6.82. The molecule has 0 amide bonds. The number of aromatic nitrogens is 1. The van der Waals surface area contributed by atoms with E-state index in [2.05, 4.69) is 4.98 Å². The first-order chi connectivity index (χ1) is 10.7. The van der Waals surface area contributed by atoms with Gasteiger partial charge in [0.05, 0.1) is 13.5 Å². The van der Waals surface area contributed by atoms with E-state index in [9.17, 15) is 9.90 Å². The summed E-state index contributed by atoms with van der Waals surface area (Å²) in [7, 11) is 1.34. The molecule has 22 heavy (non-hydrogen) atoms. The minimum atomic E-state index is -0.379. The van der Waals surface area contributed by atoms with Gasteiger partial charge < -0.3 is 19.3 Å². The average molecular weight is 301 g/mol. The summed E-state index contributed by atoms with van der Waals surface area (Å²) in [5, 5.41) is 10.3. The zero-order valence-electron chi connectivity index (χ0n) is 12.0. The molecule has 1 aliphatic heterocycles. The SMILES string of the molecule is COC(=O)C[C@@H](c1cccnc1)c1cc2c(cc1O)OCO2. The Hall–Kier alpha value is -2.76. The van der Waals surface area contributed by atoms with Crippen LogP contribution in [0.5, 0.6) is 17.2 Å². The Morgan fingerprint density at radius 3 is 2.86 bits per heavy atom. The molecule has 1 aromatic carbocycles. The molecule has 0 unspecified atom stereocenters. The summed E-state index contributed by atoms with van der Waals surface area (Å²) in [5.41, 5.74) is 1.38. The highest BCUT2D eigenvalue weighted by Crippen LogP contribution is 2.42. The van der Waals surface area contributed by atoms with Gasteiger partial charge in [0.1, 0.15) is 5.75 Å². The number of pyridine rings is 1. The summed E-state index contributed by atoms with van der Waals surface area (Å²) < 4.78 is 15.3. The van der Waals surface area contributed by atoms with Crippen molar-refractivity contribution in [1.82, 2.24) is 4.98 Å². The number of hydrogen-bond donors (Lipinski definition) is 1. The molecule has 0 saturated heterocycles. The molecule has 0 bridgehead atoms. The summed E-state index contributed by atoms with van der Waals surface area (Å²) in [6.45, 7) is 0.118. The lowest BCUT2D eigenvalue weighted by Gasteiger charge is -2.18. The maximum Gasteiger partial charge on any atom is 0.306 e. The van der Waals surface area contributed by atoms with Crippen molar-refractivity contribution >= 4 is 5.97 Å². The molecule has 114 valence electrons. The number of esters is 1. The van der Waals surface area contributed by atoms with Crippen LogP contribution in [0.3, 0.4) is 0 Å². The van der Waals surface area contributed by atoms with Crippen LogP contribution in [-0.4, -0.2) is 30.0 Å². The zero-order valence-corrected chi connectivity index (χ0v) is 12.0. The van der Waals surface area contributed by atoms with Crippen LogP contribution in [0, 0.1) is 0 Å². The van der Waals surface area contributed by atoms with Crippen LogP contribution in [0.25, 0.3) is 0 Å². The largest absolute Gasteiger partial charge is 0.508 e. The Bertz CT molecular complexity index is 686. The topological polar surface area (TPSA) is 77.9 Å². The van der Waals surface area contributed by atoms with Gasteiger partial charge in [-0.3, -0.25) is 9.78 Å². The molecule has 0 fully saturated rings. The van der Waals surface area contributed by atoms with Gasteiger partial charge >= 0.3 is 5.97 Å². The average Bonchev–Trinajstić information content (AvgIpc) is 2.99. The van der Waals surface area contributed by atoms with E-state index in [1.807, 2.05) is 6.07 Å². The van der Waals surface area contributed by atoms with E-state index in [0.717, 1.165) is 5.56 Å². The first-order valence-electron chi connectivity index (χ1n) is 6.78. The molecule has 0 radical (unpaired) electrons. The van der Waals surface area contributed by atoms with E-state index in [1.54, 1.807) is 24.5 Å². The zero-order chi connectivity index (χ0) is 15.5. The Balaban J connectivity index is 2.04. The maximum absolute atomic E-state index is 11.7. The number of hydrogen-bond acceptors (Lipinski definition) is 6. The number of benzene rings is 1. The summed E-state index contributed by atoms with van der Waals surface area (Å²) >= 11 is 0. The Kier molecular flexibility index (Phi) is 3.82. The number of rotatable bonds is 4. The lowest BCUT2D eigenvalue weighted by Crippen LogP contribution is -2.10. The van der Waals surface area contributed by atoms with Crippen molar-refractivity contribution in [2.75, 3.05) is 13.9 Å². The van der Waals surface area contributed by atoms with Gasteiger partial charge in [-0.25, -0.2) is 0 Å². The van der Waals surface area contributed by atoms with Crippen LogP contribution >= 0.6 is 0 Å². The Morgan fingerprint density at radius 2 is 2.18 bits per heavy atom. The van der Waals surface area contributed by atoms with E-state index < -0.39 is 0 Å². The number of fused-ring (bicyclic) bond motifs is 1. The fourth-order valence-electron chi connectivity index (χ4n) is 2.47. The first-order valence-corrected chi connectivity index (χ1v) is 6.78. The van der Waals surface area contributed by atoms with Crippen LogP contribution in [0.2, 0.25) is 0 Å². The fraction of sp³-hybridized carbons (Fsp3) is 0.250. The molecular weight excluding hydrogens is 286 g/mol. The monoisotopic (exact) mass is 301 g/mol.